The number of nitrogens with zero attached hydrogens (tertiary/aromatic N) is 1. The van der Waals surface area contributed by atoms with E-state index in [9.17, 15) is 4.79 Å². The number of aryl methyl sites for hydroxylation is 1. The predicted octanol–water partition coefficient (Wildman–Crippen LogP) is 2.39. The van der Waals surface area contributed by atoms with E-state index in [1.165, 1.54) is 4.90 Å². The molecule has 1 N–H and O–H groups in total. The Morgan fingerprint density at radius 1 is 1.40 bits per heavy atom. The summed E-state index contributed by atoms with van der Waals surface area (Å²) in [5.74, 6) is -0.0510. The van der Waals surface area contributed by atoms with Crippen molar-refractivity contribution in [1.29, 1.82) is 0 Å². The highest BCUT2D eigenvalue weighted by Gasteiger charge is 2.15. The standard InChI is InChI=1S/C11H15ClN2O/c1-7-5-8(12)6-9(10(7)13-2)11(15)14(3)4/h5-6,13H,1-4H3. The van der Waals surface area contributed by atoms with E-state index in [2.05, 4.69) is 5.32 Å². The Labute approximate surface area is 95.0 Å². The van der Waals surface area contributed by atoms with E-state index in [4.69, 9.17) is 11.6 Å². The number of carbonyl (C=O) groups excluding carboxylic acids is 1. The van der Waals surface area contributed by atoms with Crippen molar-refractivity contribution in [2.24, 2.45) is 0 Å². The van der Waals surface area contributed by atoms with Gasteiger partial charge in [-0.2, -0.15) is 0 Å². The molecule has 4 heteroatoms. The van der Waals surface area contributed by atoms with Crippen molar-refractivity contribution in [2.75, 3.05) is 26.5 Å². The molecule has 0 bridgehead atoms. The number of hydrogen-bond donors (Lipinski definition) is 1. The van der Waals surface area contributed by atoms with E-state index in [-0.39, 0.29) is 5.91 Å². The molecule has 0 saturated heterocycles. The van der Waals surface area contributed by atoms with E-state index in [0.29, 0.717) is 10.6 Å². The van der Waals surface area contributed by atoms with Crippen molar-refractivity contribution in [2.45, 2.75) is 6.92 Å². The molecule has 82 valence electrons. The quantitative estimate of drug-likeness (QED) is 0.840. The van der Waals surface area contributed by atoms with Crippen LogP contribution in [0.2, 0.25) is 5.02 Å². The van der Waals surface area contributed by atoms with Gasteiger partial charge in [-0.15, -0.1) is 0 Å². The summed E-state index contributed by atoms with van der Waals surface area (Å²) in [5.41, 5.74) is 2.40. The Balaban J connectivity index is 3.32. The lowest BCUT2D eigenvalue weighted by atomic mass is 10.1. The molecule has 0 fully saturated rings. The lowest BCUT2D eigenvalue weighted by Crippen LogP contribution is -2.23. The van der Waals surface area contributed by atoms with Crippen LogP contribution in [0.1, 0.15) is 15.9 Å². The van der Waals surface area contributed by atoms with Gasteiger partial charge >= 0.3 is 0 Å². The van der Waals surface area contributed by atoms with Crippen molar-refractivity contribution in [1.82, 2.24) is 4.90 Å². The van der Waals surface area contributed by atoms with Gasteiger partial charge in [-0.1, -0.05) is 11.6 Å². The summed E-state index contributed by atoms with van der Waals surface area (Å²) < 4.78 is 0. The van der Waals surface area contributed by atoms with Gasteiger partial charge in [0.1, 0.15) is 0 Å². The monoisotopic (exact) mass is 226 g/mol. The molecule has 0 saturated carbocycles. The molecule has 0 atom stereocenters. The van der Waals surface area contributed by atoms with E-state index >= 15 is 0 Å². The third-order valence-corrected chi connectivity index (χ3v) is 2.41. The van der Waals surface area contributed by atoms with Crippen LogP contribution >= 0.6 is 11.6 Å². The second kappa shape index (κ2) is 4.53. The van der Waals surface area contributed by atoms with E-state index in [0.717, 1.165) is 11.3 Å². The highest BCUT2D eigenvalue weighted by molar-refractivity contribution is 6.31. The number of halogens is 1. The molecular formula is C11H15ClN2O. The molecule has 0 radical (unpaired) electrons. The number of carbonyl (C=O) groups is 1. The summed E-state index contributed by atoms with van der Waals surface area (Å²) in [4.78, 5) is 13.4. The first-order valence-corrected chi connectivity index (χ1v) is 5.04. The molecule has 0 heterocycles. The molecule has 1 aromatic rings. The fourth-order valence-corrected chi connectivity index (χ4v) is 1.76. The number of benzene rings is 1. The largest absolute Gasteiger partial charge is 0.387 e. The topological polar surface area (TPSA) is 32.3 Å². The summed E-state index contributed by atoms with van der Waals surface area (Å²) in [7, 11) is 5.23. The zero-order chi connectivity index (χ0) is 11.6. The van der Waals surface area contributed by atoms with Gasteiger partial charge in [-0.25, -0.2) is 0 Å². The van der Waals surface area contributed by atoms with Gasteiger partial charge in [-0.3, -0.25) is 4.79 Å². The van der Waals surface area contributed by atoms with Gasteiger partial charge < -0.3 is 10.2 Å². The van der Waals surface area contributed by atoms with Crippen LogP contribution in [0.4, 0.5) is 5.69 Å². The van der Waals surface area contributed by atoms with E-state index in [1.54, 1.807) is 27.2 Å². The number of rotatable bonds is 2. The second-order valence-corrected chi connectivity index (χ2v) is 4.03. The second-order valence-electron chi connectivity index (χ2n) is 3.59. The molecule has 0 aliphatic rings. The third kappa shape index (κ3) is 2.42. The molecule has 0 aliphatic carbocycles. The van der Waals surface area contributed by atoms with Crippen LogP contribution in [-0.4, -0.2) is 32.0 Å². The Morgan fingerprint density at radius 2 is 2.00 bits per heavy atom. The Morgan fingerprint density at radius 3 is 2.47 bits per heavy atom. The van der Waals surface area contributed by atoms with Crippen LogP contribution in [-0.2, 0) is 0 Å². The lowest BCUT2D eigenvalue weighted by Gasteiger charge is -2.16. The van der Waals surface area contributed by atoms with Crippen LogP contribution in [0.25, 0.3) is 0 Å². The maximum atomic E-state index is 11.9. The van der Waals surface area contributed by atoms with Crippen LogP contribution in [0.15, 0.2) is 12.1 Å². The number of hydrogen-bond acceptors (Lipinski definition) is 2. The summed E-state index contributed by atoms with van der Waals surface area (Å²) in [6.07, 6.45) is 0. The highest BCUT2D eigenvalue weighted by atomic mass is 35.5. The Bertz CT molecular complexity index is 388. The van der Waals surface area contributed by atoms with Crippen LogP contribution in [0.3, 0.4) is 0 Å². The zero-order valence-corrected chi connectivity index (χ0v) is 10.1. The van der Waals surface area contributed by atoms with E-state index in [1.807, 2.05) is 13.0 Å². The molecule has 0 aromatic heterocycles. The summed E-state index contributed by atoms with van der Waals surface area (Å²) in [6, 6.07) is 3.52. The molecule has 1 amide bonds. The lowest BCUT2D eigenvalue weighted by molar-refractivity contribution is 0.0828. The molecule has 1 rings (SSSR count). The fourth-order valence-electron chi connectivity index (χ4n) is 1.48. The van der Waals surface area contributed by atoms with Gasteiger partial charge in [0, 0.05) is 31.9 Å². The van der Waals surface area contributed by atoms with Gasteiger partial charge in [0.2, 0.25) is 0 Å². The maximum absolute atomic E-state index is 11.9. The minimum Gasteiger partial charge on any atom is -0.387 e. The number of amides is 1. The first-order valence-electron chi connectivity index (χ1n) is 4.67. The normalized spacial score (nSPS) is 9.93. The minimum absolute atomic E-state index is 0.0510. The molecule has 1 aromatic carbocycles. The summed E-state index contributed by atoms with van der Waals surface area (Å²) >= 11 is 5.93. The first-order chi connectivity index (χ1) is 6.97. The van der Waals surface area contributed by atoms with Gasteiger partial charge in [0.15, 0.2) is 0 Å². The molecule has 0 aliphatic heterocycles. The third-order valence-electron chi connectivity index (χ3n) is 2.19. The predicted molar refractivity (Wildman–Crippen MR) is 63.8 cm³/mol. The first kappa shape index (κ1) is 11.9. The average molecular weight is 227 g/mol. The molecule has 3 nitrogen and oxygen atoms in total. The smallest absolute Gasteiger partial charge is 0.255 e. The zero-order valence-electron chi connectivity index (χ0n) is 9.39. The number of anilines is 1. The highest BCUT2D eigenvalue weighted by Crippen LogP contribution is 2.25. The van der Waals surface area contributed by atoms with Crippen molar-refractivity contribution in [3.05, 3.63) is 28.3 Å². The number of nitrogens with one attached hydrogen (secondary N) is 1. The van der Waals surface area contributed by atoms with Crippen molar-refractivity contribution in [3.8, 4) is 0 Å². The van der Waals surface area contributed by atoms with E-state index < -0.39 is 0 Å². The van der Waals surface area contributed by atoms with Crippen molar-refractivity contribution in [3.63, 3.8) is 0 Å². The summed E-state index contributed by atoms with van der Waals surface area (Å²) in [5, 5.41) is 3.60. The summed E-state index contributed by atoms with van der Waals surface area (Å²) in [6.45, 7) is 1.92. The van der Waals surface area contributed by atoms with Crippen LogP contribution in [0.5, 0.6) is 0 Å². The molecule has 0 unspecified atom stereocenters. The van der Waals surface area contributed by atoms with Gasteiger partial charge in [-0.05, 0) is 24.6 Å². The van der Waals surface area contributed by atoms with Crippen LogP contribution < -0.4 is 5.32 Å². The Kier molecular flexibility index (Phi) is 3.58. The molecule has 15 heavy (non-hydrogen) atoms. The molecular weight excluding hydrogens is 212 g/mol. The Hall–Kier alpha value is -1.22. The minimum atomic E-state index is -0.0510. The fraction of sp³-hybridized carbons (Fsp3) is 0.364. The van der Waals surface area contributed by atoms with Crippen LogP contribution in [0, 0.1) is 6.92 Å². The maximum Gasteiger partial charge on any atom is 0.255 e. The average Bonchev–Trinajstić information content (AvgIpc) is 2.15. The van der Waals surface area contributed by atoms with Crippen molar-refractivity contribution >= 4 is 23.2 Å². The van der Waals surface area contributed by atoms with Crippen molar-refractivity contribution < 1.29 is 4.79 Å². The van der Waals surface area contributed by atoms with Gasteiger partial charge in [0.25, 0.3) is 5.91 Å². The molecule has 0 spiro atoms. The van der Waals surface area contributed by atoms with Gasteiger partial charge in [0.05, 0.1) is 5.56 Å². The SMILES string of the molecule is CNc1c(C)cc(Cl)cc1C(=O)N(C)C.